The van der Waals surface area contributed by atoms with Crippen LogP contribution < -0.4 is 10.2 Å². The summed E-state index contributed by atoms with van der Waals surface area (Å²) in [5.74, 6) is -0.0751. The summed E-state index contributed by atoms with van der Waals surface area (Å²) >= 11 is 6.13. The second-order valence-corrected chi connectivity index (χ2v) is 10.5. The van der Waals surface area contributed by atoms with Gasteiger partial charge in [-0.3, -0.25) is 4.68 Å². The number of carbonyl (C=O) groups is 1. The van der Waals surface area contributed by atoms with Crippen LogP contribution >= 0.6 is 11.6 Å². The minimum absolute atomic E-state index is 0.0880. The van der Waals surface area contributed by atoms with Crippen molar-refractivity contribution in [1.29, 1.82) is 0 Å². The molecule has 1 aliphatic heterocycles. The SMILES string of the molecule is COC(=O)c1cnn(CCN(C)C)c1-c1cc(C)cc2c1nc(N1CCNCC1)n2Cc1ccc(F)c(Cl)c1. The van der Waals surface area contributed by atoms with Crippen molar-refractivity contribution >= 4 is 34.6 Å². The number of ether oxygens (including phenoxy) is 1. The minimum atomic E-state index is -0.447. The van der Waals surface area contributed by atoms with Crippen molar-refractivity contribution in [3.63, 3.8) is 0 Å². The molecule has 0 saturated carbocycles. The lowest BCUT2D eigenvalue weighted by molar-refractivity contribution is 0.0601. The maximum Gasteiger partial charge on any atom is 0.341 e. The first-order valence-corrected chi connectivity index (χ1v) is 13.3. The zero-order valence-corrected chi connectivity index (χ0v) is 23.4. The van der Waals surface area contributed by atoms with Crippen molar-refractivity contribution in [2.24, 2.45) is 0 Å². The fourth-order valence-electron chi connectivity index (χ4n) is 5.01. The first-order valence-electron chi connectivity index (χ1n) is 13.0. The van der Waals surface area contributed by atoms with Gasteiger partial charge in [-0.2, -0.15) is 5.10 Å². The second-order valence-electron chi connectivity index (χ2n) is 10.1. The van der Waals surface area contributed by atoms with E-state index in [0.29, 0.717) is 24.3 Å². The van der Waals surface area contributed by atoms with Crippen LogP contribution in [-0.2, 0) is 17.8 Å². The molecule has 0 aliphatic carbocycles. The van der Waals surface area contributed by atoms with Gasteiger partial charge in [0, 0.05) is 38.3 Å². The van der Waals surface area contributed by atoms with E-state index in [1.165, 1.54) is 13.2 Å². The predicted molar refractivity (Wildman–Crippen MR) is 151 cm³/mol. The Morgan fingerprint density at radius 1 is 1.21 bits per heavy atom. The summed E-state index contributed by atoms with van der Waals surface area (Å²) in [4.78, 5) is 22.3. The van der Waals surface area contributed by atoms with Gasteiger partial charge in [-0.05, 0) is 56.4 Å². The van der Waals surface area contributed by atoms with Crippen LogP contribution in [0.3, 0.4) is 0 Å². The standard InChI is InChI=1S/C28H33ClFN7O2/c1-18-13-20(26-21(27(38)39-4)16-32-37(26)12-11-34(2)3)25-24(14-18)36(17-19-5-6-23(30)22(29)15-19)28(33-25)35-9-7-31-8-10-35/h5-6,13-16,31H,7-12,17H2,1-4H3. The molecule has 0 bridgehead atoms. The molecule has 2 aromatic carbocycles. The predicted octanol–water partition coefficient (Wildman–Crippen LogP) is 3.81. The van der Waals surface area contributed by atoms with E-state index in [1.807, 2.05) is 31.8 Å². The van der Waals surface area contributed by atoms with Crippen LogP contribution in [0.5, 0.6) is 0 Å². The van der Waals surface area contributed by atoms with Gasteiger partial charge in [0.2, 0.25) is 5.95 Å². The molecular formula is C28H33ClFN7O2. The minimum Gasteiger partial charge on any atom is -0.465 e. The van der Waals surface area contributed by atoms with Crippen molar-refractivity contribution in [2.45, 2.75) is 20.0 Å². The van der Waals surface area contributed by atoms with E-state index >= 15 is 0 Å². The number of nitrogens with one attached hydrogen (secondary N) is 1. The Morgan fingerprint density at radius 2 is 1.97 bits per heavy atom. The molecule has 9 nitrogen and oxygen atoms in total. The molecular weight excluding hydrogens is 521 g/mol. The Bertz CT molecular complexity index is 1510. The van der Waals surface area contributed by atoms with E-state index < -0.39 is 11.8 Å². The maximum atomic E-state index is 13.9. The molecule has 1 fully saturated rings. The Kier molecular flexibility index (Phi) is 7.88. The Balaban J connectivity index is 1.73. The number of fused-ring (bicyclic) bond motifs is 1. The number of esters is 1. The highest BCUT2D eigenvalue weighted by molar-refractivity contribution is 6.30. The van der Waals surface area contributed by atoms with Crippen LogP contribution in [0.25, 0.3) is 22.3 Å². The summed E-state index contributed by atoms with van der Waals surface area (Å²) in [5, 5.41) is 8.04. The smallest absolute Gasteiger partial charge is 0.341 e. The number of imidazole rings is 1. The van der Waals surface area contributed by atoms with Crippen LogP contribution in [0.2, 0.25) is 5.02 Å². The number of methoxy groups -OCH3 is 1. The molecule has 1 N–H and O–H groups in total. The number of anilines is 1. The number of likely N-dealkylation sites (N-methyl/N-ethyl adjacent to an activating group) is 1. The first-order chi connectivity index (χ1) is 18.8. The van der Waals surface area contributed by atoms with E-state index in [-0.39, 0.29) is 5.02 Å². The number of aryl methyl sites for hydroxylation is 1. The molecule has 0 atom stereocenters. The van der Waals surface area contributed by atoms with E-state index in [1.54, 1.807) is 18.3 Å². The Morgan fingerprint density at radius 3 is 2.67 bits per heavy atom. The number of aromatic nitrogens is 4. The molecule has 2 aromatic heterocycles. The topological polar surface area (TPSA) is 80.4 Å². The average Bonchev–Trinajstić information content (AvgIpc) is 3.51. The van der Waals surface area contributed by atoms with Gasteiger partial charge in [0.25, 0.3) is 0 Å². The van der Waals surface area contributed by atoms with E-state index in [0.717, 1.165) is 66.4 Å². The highest BCUT2D eigenvalue weighted by atomic mass is 35.5. The fourth-order valence-corrected chi connectivity index (χ4v) is 5.21. The lowest BCUT2D eigenvalue weighted by atomic mass is 10.0. The van der Waals surface area contributed by atoms with Gasteiger partial charge in [-0.1, -0.05) is 17.7 Å². The number of hydrogen-bond acceptors (Lipinski definition) is 7. The summed E-state index contributed by atoms with van der Waals surface area (Å²) in [6.45, 7) is 7.12. The van der Waals surface area contributed by atoms with E-state index in [2.05, 4.69) is 30.8 Å². The molecule has 1 aliphatic rings. The maximum absolute atomic E-state index is 13.9. The van der Waals surface area contributed by atoms with Crippen LogP contribution in [0.1, 0.15) is 21.5 Å². The van der Waals surface area contributed by atoms with Gasteiger partial charge in [0.05, 0.1) is 42.6 Å². The molecule has 11 heteroatoms. The van der Waals surface area contributed by atoms with Crippen molar-refractivity contribution in [3.05, 3.63) is 64.1 Å². The number of hydrogen-bond donors (Lipinski definition) is 1. The molecule has 0 spiro atoms. The number of halogens is 2. The monoisotopic (exact) mass is 553 g/mol. The largest absolute Gasteiger partial charge is 0.465 e. The third kappa shape index (κ3) is 5.50. The van der Waals surface area contributed by atoms with E-state index in [9.17, 15) is 9.18 Å². The zero-order valence-electron chi connectivity index (χ0n) is 22.7. The molecule has 1 saturated heterocycles. The van der Waals surface area contributed by atoms with Crippen LogP contribution in [0.15, 0.2) is 36.5 Å². The summed E-state index contributed by atoms with van der Waals surface area (Å²) < 4.78 is 23.1. The molecule has 0 radical (unpaired) electrons. The van der Waals surface area contributed by atoms with Crippen LogP contribution in [-0.4, -0.2) is 84.1 Å². The third-order valence-corrected chi connectivity index (χ3v) is 7.25. The highest BCUT2D eigenvalue weighted by Crippen LogP contribution is 2.36. The van der Waals surface area contributed by atoms with Crippen molar-refractivity contribution in [3.8, 4) is 11.3 Å². The van der Waals surface area contributed by atoms with Gasteiger partial charge in [-0.15, -0.1) is 0 Å². The molecule has 5 rings (SSSR count). The zero-order chi connectivity index (χ0) is 27.7. The van der Waals surface area contributed by atoms with Crippen molar-refractivity contribution in [1.82, 2.24) is 29.5 Å². The van der Waals surface area contributed by atoms with Gasteiger partial charge in [0.15, 0.2) is 0 Å². The quantitative estimate of drug-likeness (QED) is 0.332. The summed E-state index contributed by atoms with van der Waals surface area (Å²) in [7, 11) is 5.37. The Hall–Kier alpha value is -3.47. The van der Waals surface area contributed by atoms with E-state index in [4.69, 9.17) is 21.3 Å². The average molecular weight is 554 g/mol. The lowest BCUT2D eigenvalue weighted by Crippen LogP contribution is -2.44. The van der Waals surface area contributed by atoms with Gasteiger partial charge < -0.3 is 24.4 Å². The molecule has 0 amide bonds. The summed E-state index contributed by atoms with van der Waals surface area (Å²) in [6, 6.07) is 8.94. The van der Waals surface area contributed by atoms with Crippen LogP contribution in [0, 0.1) is 12.7 Å². The molecule has 39 heavy (non-hydrogen) atoms. The van der Waals surface area contributed by atoms with Gasteiger partial charge >= 0.3 is 5.97 Å². The molecule has 4 aromatic rings. The first kappa shape index (κ1) is 27.1. The number of piperazine rings is 1. The number of carbonyl (C=O) groups excluding carboxylic acids is 1. The van der Waals surface area contributed by atoms with Gasteiger partial charge in [0.1, 0.15) is 16.9 Å². The molecule has 206 valence electrons. The number of nitrogens with zero attached hydrogens (tertiary/aromatic N) is 6. The highest BCUT2D eigenvalue weighted by Gasteiger charge is 2.26. The molecule has 3 heterocycles. The van der Waals surface area contributed by atoms with Crippen molar-refractivity contribution in [2.75, 3.05) is 58.8 Å². The number of rotatable bonds is 8. The second kappa shape index (κ2) is 11.3. The van der Waals surface area contributed by atoms with Crippen molar-refractivity contribution < 1.29 is 13.9 Å². The Labute approximate surface area is 232 Å². The summed E-state index contributed by atoms with van der Waals surface area (Å²) in [5.41, 5.74) is 5.44. The number of benzene rings is 2. The summed E-state index contributed by atoms with van der Waals surface area (Å²) in [6.07, 6.45) is 1.57. The fraction of sp³-hybridized carbons (Fsp3) is 0.393. The normalized spacial score (nSPS) is 14.0. The van der Waals surface area contributed by atoms with Crippen LogP contribution in [0.4, 0.5) is 10.3 Å². The molecule has 0 unspecified atom stereocenters. The lowest BCUT2D eigenvalue weighted by Gasteiger charge is -2.29. The van der Waals surface area contributed by atoms with Gasteiger partial charge in [-0.25, -0.2) is 14.2 Å². The third-order valence-electron chi connectivity index (χ3n) is 6.96.